The second kappa shape index (κ2) is 15.6. The maximum Gasteiger partial charge on any atom is 0.264 e. The van der Waals surface area contributed by atoms with Crippen LogP contribution in [-0.4, -0.2) is 57.0 Å². The predicted octanol–water partition coefficient (Wildman–Crippen LogP) is 6.05. The number of carbonyl (C=O) groups excluding carboxylic acids is 2. The first-order valence-electron chi connectivity index (χ1n) is 17.0. The quantitative estimate of drug-likeness (QED) is 0.195. The summed E-state index contributed by atoms with van der Waals surface area (Å²) >= 11 is 0. The van der Waals surface area contributed by atoms with Crippen molar-refractivity contribution in [2.75, 3.05) is 24.1 Å². The van der Waals surface area contributed by atoms with Crippen molar-refractivity contribution in [1.82, 2.24) is 10.2 Å². The van der Waals surface area contributed by atoms with Gasteiger partial charge in [0.05, 0.1) is 10.6 Å². The SMILES string of the molecule is Cc1ccccc1CN(C(=O)CN(c1ccc2c(c1)OCCO2)S(=O)(=O)c1ccccc1)[C@@H](Cc1ccccc1)C(=O)NC1CCCCC1. The summed E-state index contributed by atoms with van der Waals surface area (Å²) in [6, 6.07) is 29.4. The van der Waals surface area contributed by atoms with Crippen LogP contribution < -0.4 is 19.1 Å². The number of anilines is 1. The first kappa shape index (κ1) is 34.0. The number of carbonyl (C=O) groups is 2. The van der Waals surface area contributed by atoms with E-state index >= 15 is 0 Å². The Hall–Kier alpha value is -4.83. The van der Waals surface area contributed by atoms with Gasteiger partial charge in [0.15, 0.2) is 11.5 Å². The number of hydrogen-bond acceptors (Lipinski definition) is 6. The highest BCUT2D eigenvalue weighted by Crippen LogP contribution is 2.36. The van der Waals surface area contributed by atoms with Crippen molar-refractivity contribution in [3.05, 3.63) is 120 Å². The minimum Gasteiger partial charge on any atom is -0.486 e. The Morgan fingerprint density at radius 3 is 2.18 bits per heavy atom. The smallest absolute Gasteiger partial charge is 0.264 e. The van der Waals surface area contributed by atoms with Crippen LogP contribution in [0.25, 0.3) is 0 Å². The summed E-state index contributed by atoms with van der Waals surface area (Å²) in [4.78, 5) is 30.7. The molecule has 0 saturated heterocycles. The summed E-state index contributed by atoms with van der Waals surface area (Å²) in [6.45, 7) is 2.26. The molecule has 1 atom stereocenters. The van der Waals surface area contributed by atoms with E-state index in [1.165, 1.54) is 12.1 Å². The minimum atomic E-state index is -4.23. The van der Waals surface area contributed by atoms with Crippen LogP contribution >= 0.6 is 0 Å². The van der Waals surface area contributed by atoms with Gasteiger partial charge in [-0.2, -0.15) is 0 Å². The topological polar surface area (TPSA) is 105 Å². The normalized spacial score (nSPS) is 15.2. The lowest BCUT2D eigenvalue weighted by Crippen LogP contribution is -2.55. The Morgan fingerprint density at radius 1 is 0.816 bits per heavy atom. The average molecular weight is 682 g/mol. The highest BCUT2D eigenvalue weighted by atomic mass is 32.2. The van der Waals surface area contributed by atoms with Crippen molar-refractivity contribution in [2.24, 2.45) is 0 Å². The fourth-order valence-electron chi connectivity index (χ4n) is 6.50. The van der Waals surface area contributed by atoms with Crippen molar-refractivity contribution in [3.8, 4) is 11.5 Å². The van der Waals surface area contributed by atoms with Gasteiger partial charge in [0.2, 0.25) is 11.8 Å². The first-order valence-corrected chi connectivity index (χ1v) is 18.4. The van der Waals surface area contributed by atoms with Gasteiger partial charge >= 0.3 is 0 Å². The molecule has 49 heavy (non-hydrogen) atoms. The lowest BCUT2D eigenvalue weighted by molar-refractivity contribution is -0.140. The van der Waals surface area contributed by atoms with Gasteiger partial charge in [-0.15, -0.1) is 0 Å². The van der Waals surface area contributed by atoms with Gasteiger partial charge in [-0.1, -0.05) is 92.1 Å². The highest BCUT2D eigenvalue weighted by molar-refractivity contribution is 7.92. The zero-order valence-corrected chi connectivity index (χ0v) is 28.6. The molecule has 2 aliphatic rings. The highest BCUT2D eigenvalue weighted by Gasteiger charge is 2.36. The summed E-state index contributed by atoms with van der Waals surface area (Å²) in [5.41, 5.74) is 2.99. The number of hydrogen-bond donors (Lipinski definition) is 1. The maximum atomic E-state index is 14.8. The molecule has 256 valence electrons. The number of rotatable bonds is 12. The fourth-order valence-corrected chi connectivity index (χ4v) is 7.93. The van der Waals surface area contributed by atoms with Gasteiger partial charge in [0.25, 0.3) is 10.0 Å². The van der Waals surface area contributed by atoms with E-state index in [4.69, 9.17) is 9.47 Å². The summed E-state index contributed by atoms with van der Waals surface area (Å²) < 4.78 is 41.2. The Kier molecular flexibility index (Phi) is 10.8. The van der Waals surface area contributed by atoms with Crippen LogP contribution in [0.2, 0.25) is 0 Å². The number of fused-ring (bicyclic) bond motifs is 1. The van der Waals surface area contributed by atoms with Crippen molar-refractivity contribution in [2.45, 2.75) is 69.0 Å². The van der Waals surface area contributed by atoms with Gasteiger partial charge in [-0.05, 0) is 60.7 Å². The van der Waals surface area contributed by atoms with Gasteiger partial charge in [-0.3, -0.25) is 13.9 Å². The second-order valence-electron chi connectivity index (χ2n) is 12.6. The number of amides is 2. The fraction of sp³-hybridized carbons (Fsp3) is 0.333. The van der Waals surface area contributed by atoms with E-state index in [1.807, 2.05) is 61.5 Å². The summed E-state index contributed by atoms with van der Waals surface area (Å²) in [6.07, 6.45) is 5.28. The van der Waals surface area contributed by atoms with Crippen LogP contribution in [0, 0.1) is 6.92 Å². The van der Waals surface area contributed by atoms with Crippen LogP contribution in [0.15, 0.2) is 108 Å². The number of benzene rings is 4. The molecule has 6 rings (SSSR count). The third-order valence-corrected chi connectivity index (χ3v) is 11.0. The van der Waals surface area contributed by atoms with Crippen LogP contribution in [0.3, 0.4) is 0 Å². The van der Waals surface area contributed by atoms with Crippen LogP contribution in [0.1, 0.15) is 48.8 Å². The lowest BCUT2D eigenvalue weighted by atomic mass is 9.94. The molecule has 1 N–H and O–H groups in total. The molecule has 0 spiro atoms. The number of ether oxygens (including phenoxy) is 2. The number of aryl methyl sites for hydroxylation is 1. The Balaban J connectivity index is 1.41. The van der Waals surface area contributed by atoms with Gasteiger partial charge in [-0.25, -0.2) is 8.42 Å². The minimum absolute atomic E-state index is 0.0302. The van der Waals surface area contributed by atoms with Gasteiger partial charge in [0.1, 0.15) is 25.8 Å². The Morgan fingerprint density at radius 2 is 1.47 bits per heavy atom. The number of nitrogens with zero attached hydrogens (tertiary/aromatic N) is 2. The van der Waals surface area contributed by atoms with E-state index < -0.39 is 28.5 Å². The molecule has 1 saturated carbocycles. The Labute approximate surface area is 288 Å². The molecule has 0 bridgehead atoms. The van der Waals surface area contributed by atoms with Crippen molar-refractivity contribution in [3.63, 3.8) is 0 Å². The second-order valence-corrected chi connectivity index (χ2v) is 14.5. The molecule has 1 heterocycles. The van der Waals surface area contributed by atoms with Gasteiger partial charge in [0, 0.05) is 25.1 Å². The van der Waals surface area contributed by atoms with Crippen LogP contribution in [0.5, 0.6) is 11.5 Å². The molecule has 2 amide bonds. The Bertz CT molecular complexity index is 1850. The average Bonchev–Trinajstić information content (AvgIpc) is 3.13. The molecule has 1 fully saturated rings. The van der Waals surface area contributed by atoms with Crippen LogP contribution in [0.4, 0.5) is 5.69 Å². The van der Waals surface area contributed by atoms with E-state index in [1.54, 1.807) is 41.3 Å². The van der Waals surface area contributed by atoms with Crippen molar-refractivity contribution in [1.29, 1.82) is 0 Å². The van der Waals surface area contributed by atoms with Crippen molar-refractivity contribution < 1.29 is 27.5 Å². The maximum absolute atomic E-state index is 14.8. The molecule has 0 aromatic heterocycles. The first-order chi connectivity index (χ1) is 23.8. The van der Waals surface area contributed by atoms with Gasteiger partial charge < -0.3 is 19.7 Å². The van der Waals surface area contributed by atoms with Crippen molar-refractivity contribution >= 4 is 27.5 Å². The summed E-state index contributed by atoms with van der Waals surface area (Å²) in [7, 11) is -4.23. The molecule has 4 aromatic carbocycles. The largest absolute Gasteiger partial charge is 0.486 e. The molecule has 0 radical (unpaired) electrons. The molecule has 1 aliphatic heterocycles. The zero-order chi connectivity index (χ0) is 34.2. The number of sulfonamides is 1. The zero-order valence-electron chi connectivity index (χ0n) is 27.8. The molecule has 0 unspecified atom stereocenters. The molecular weight excluding hydrogens is 639 g/mol. The third kappa shape index (κ3) is 8.25. The van der Waals surface area contributed by atoms with E-state index in [0.29, 0.717) is 24.7 Å². The van der Waals surface area contributed by atoms with E-state index in [2.05, 4.69) is 5.32 Å². The van der Waals surface area contributed by atoms with E-state index in [-0.39, 0.29) is 35.5 Å². The third-order valence-electron chi connectivity index (χ3n) is 9.25. The molecule has 10 heteroatoms. The number of nitrogens with one attached hydrogen (secondary N) is 1. The molecular formula is C39H43N3O6S. The van der Waals surface area contributed by atoms with E-state index in [0.717, 1.165) is 53.1 Å². The standard InChI is InChI=1S/C39H43N3O6S/c1-29-13-11-12-16-31(29)27-41(35(25-30-14-5-2-6-15-30)39(44)40-32-17-7-3-8-18-32)38(43)28-42(49(45,46)34-19-9-4-10-20-34)33-21-22-36-37(26-33)48-24-23-47-36/h2,4-6,9-16,19-22,26,32,35H,3,7-8,17-18,23-25,27-28H2,1H3,(H,40,44)/t35-/m0/s1. The predicted molar refractivity (Wildman–Crippen MR) is 189 cm³/mol. The summed E-state index contributed by atoms with van der Waals surface area (Å²) in [5, 5.41) is 3.26. The monoisotopic (exact) mass is 681 g/mol. The summed E-state index contributed by atoms with van der Waals surface area (Å²) in [5.74, 6) is 0.156. The van der Waals surface area contributed by atoms with Crippen LogP contribution in [-0.2, 0) is 32.6 Å². The molecule has 9 nitrogen and oxygen atoms in total. The lowest BCUT2D eigenvalue weighted by Gasteiger charge is -2.35. The molecule has 4 aromatic rings. The van der Waals surface area contributed by atoms with E-state index in [9.17, 15) is 18.0 Å². The molecule has 1 aliphatic carbocycles.